The lowest BCUT2D eigenvalue weighted by atomic mass is 9.45. The molecule has 0 amide bonds. The predicted molar refractivity (Wildman–Crippen MR) is 124 cm³/mol. The van der Waals surface area contributed by atoms with Crippen LogP contribution in [0.25, 0.3) is 0 Å². The van der Waals surface area contributed by atoms with E-state index in [-0.39, 0.29) is 16.9 Å². The first-order chi connectivity index (χ1) is 14.1. The van der Waals surface area contributed by atoms with Gasteiger partial charge in [0.05, 0.1) is 6.10 Å². The minimum Gasteiger partial charge on any atom is -0.393 e. The Morgan fingerprint density at radius 3 is 2.47 bits per heavy atom. The van der Waals surface area contributed by atoms with Gasteiger partial charge in [-0.2, -0.15) is 0 Å². The zero-order chi connectivity index (χ0) is 21.8. The lowest BCUT2D eigenvalue weighted by Gasteiger charge is -2.60. The van der Waals surface area contributed by atoms with E-state index in [4.69, 9.17) is 0 Å². The number of carbonyl (C=O) groups is 1. The molecule has 4 unspecified atom stereocenters. The standard InChI is InChI=1S/C28H46O2/c1-17(2)18(3)7-8-19(4)23-11-12-24-22-10-9-20-15-21(29)13-14-27(20,5)25(22)16-26(30)28(23,24)6/h15,17-19,22-26,30H,7-14,16H2,1-6H3/t18?,19-,22?,23-,24?,25?,26-,27+,28-/m1/s1. The molecular weight excluding hydrogens is 368 g/mol. The molecule has 0 aliphatic heterocycles. The predicted octanol–water partition coefficient (Wildman–Crippen LogP) is 6.81. The van der Waals surface area contributed by atoms with Crippen molar-refractivity contribution in [1.29, 1.82) is 0 Å². The third-order valence-corrected chi connectivity index (χ3v) is 11.0. The molecule has 0 spiro atoms. The SMILES string of the molecule is CC(C)C(C)CC[C@@H](C)[C@H]1CCC2C3CCC4=CC(=O)CC[C@]4(C)C3C[C@@H](O)[C@@]21C. The highest BCUT2D eigenvalue weighted by Crippen LogP contribution is 2.67. The lowest BCUT2D eigenvalue weighted by molar-refractivity contribution is -0.141. The summed E-state index contributed by atoms with van der Waals surface area (Å²) in [6.45, 7) is 14.4. The van der Waals surface area contributed by atoms with Gasteiger partial charge < -0.3 is 5.11 Å². The highest BCUT2D eigenvalue weighted by atomic mass is 16.3. The average molecular weight is 415 g/mol. The smallest absolute Gasteiger partial charge is 0.155 e. The van der Waals surface area contributed by atoms with Gasteiger partial charge in [-0.15, -0.1) is 0 Å². The number of aliphatic hydroxyl groups is 1. The van der Waals surface area contributed by atoms with Crippen molar-refractivity contribution in [3.63, 3.8) is 0 Å². The number of aliphatic hydroxyl groups excluding tert-OH is 1. The molecule has 170 valence electrons. The highest BCUT2D eigenvalue weighted by Gasteiger charge is 2.62. The molecule has 0 aromatic carbocycles. The van der Waals surface area contributed by atoms with Crippen LogP contribution < -0.4 is 0 Å². The summed E-state index contributed by atoms with van der Waals surface area (Å²) in [7, 11) is 0. The van der Waals surface area contributed by atoms with Gasteiger partial charge in [0.15, 0.2) is 5.78 Å². The fraction of sp³-hybridized carbons (Fsp3) is 0.893. The minimum absolute atomic E-state index is 0.0870. The summed E-state index contributed by atoms with van der Waals surface area (Å²) in [5.74, 6) is 5.21. The molecule has 1 N–H and O–H groups in total. The summed E-state index contributed by atoms with van der Waals surface area (Å²) in [5, 5.41) is 11.6. The van der Waals surface area contributed by atoms with Gasteiger partial charge in [-0.05, 0) is 96.9 Å². The maximum absolute atomic E-state index is 12.1. The maximum Gasteiger partial charge on any atom is 0.155 e. The van der Waals surface area contributed by atoms with E-state index in [0.717, 1.165) is 37.0 Å². The third kappa shape index (κ3) is 3.44. The molecule has 30 heavy (non-hydrogen) atoms. The van der Waals surface area contributed by atoms with Gasteiger partial charge in [0.25, 0.3) is 0 Å². The van der Waals surface area contributed by atoms with E-state index in [9.17, 15) is 9.90 Å². The van der Waals surface area contributed by atoms with E-state index in [1.54, 1.807) is 0 Å². The summed E-state index contributed by atoms with van der Waals surface area (Å²) < 4.78 is 0. The quantitative estimate of drug-likeness (QED) is 0.536. The van der Waals surface area contributed by atoms with Crippen LogP contribution in [0.15, 0.2) is 11.6 Å². The molecule has 4 rings (SSSR count). The van der Waals surface area contributed by atoms with E-state index in [1.165, 1.54) is 37.7 Å². The van der Waals surface area contributed by atoms with Crippen LogP contribution in [0.4, 0.5) is 0 Å². The molecule has 0 aromatic heterocycles. The molecule has 0 radical (unpaired) electrons. The van der Waals surface area contributed by atoms with Crippen LogP contribution in [0.1, 0.15) is 99.3 Å². The molecule has 9 atom stereocenters. The van der Waals surface area contributed by atoms with Gasteiger partial charge in [0.2, 0.25) is 0 Å². The Hall–Kier alpha value is -0.630. The average Bonchev–Trinajstić information content (AvgIpc) is 3.06. The fourth-order valence-corrected chi connectivity index (χ4v) is 8.55. The molecule has 2 nitrogen and oxygen atoms in total. The Labute approximate surface area is 185 Å². The van der Waals surface area contributed by atoms with E-state index in [0.29, 0.717) is 35.9 Å². The Kier molecular flexibility index (Phi) is 6.06. The first-order valence-corrected chi connectivity index (χ1v) is 13.0. The van der Waals surface area contributed by atoms with Crippen LogP contribution in [-0.4, -0.2) is 17.0 Å². The molecule has 4 aliphatic carbocycles. The number of hydrogen-bond donors (Lipinski definition) is 1. The summed E-state index contributed by atoms with van der Waals surface area (Å²) in [4.78, 5) is 12.1. The minimum atomic E-state index is -0.185. The first kappa shape index (κ1) is 22.6. The normalized spacial score (nSPS) is 45.4. The molecule has 3 saturated carbocycles. The van der Waals surface area contributed by atoms with E-state index in [2.05, 4.69) is 41.5 Å². The molecular formula is C28H46O2. The van der Waals surface area contributed by atoms with E-state index >= 15 is 0 Å². The number of carbonyl (C=O) groups excluding carboxylic acids is 1. The fourth-order valence-electron chi connectivity index (χ4n) is 8.55. The van der Waals surface area contributed by atoms with Crippen molar-refractivity contribution in [3.05, 3.63) is 11.6 Å². The highest BCUT2D eigenvalue weighted by molar-refractivity contribution is 5.91. The van der Waals surface area contributed by atoms with Crippen molar-refractivity contribution in [2.24, 2.45) is 52.3 Å². The second-order valence-electron chi connectivity index (χ2n) is 12.5. The van der Waals surface area contributed by atoms with E-state index in [1.807, 2.05) is 6.08 Å². The molecule has 0 saturated heterocycles. The Morgan fingerprint density at radius 2 is 1.77 bits per heavy atom. The van der Waals surface area contributed by atoms with Crippen molar-refractivity contribution in [2.75, 3.05) is 0 Å². The largest absolute Gasteiger partial charge is 0.393 e. The summed E-state index contributed by atoms with van der Waals surface area (Å²) >= 11 is 0. The zero-order valence-electron chi connectivity index (χ0n) is 20.4. The number of hydrogen-bond acceptors (Lipinski definition) is 2. The van der Waals surface area contributed by atoms with Crippen LogP contribution in [-0.2, 0) is 4.79 Å². The molecule has 0 aromatic rings. The Bertz CT molecular complexity index is 693. The van der Waals surface area contributed by atoms with Crippen molar-refractivity contribution >= 4 is 5.78 Å². The second-order valence-corrected chi connectivity index (χ2v) is 12.5. The Morgan fingerprint density at radius 1 is 1.03 bits per heavy atom. The maximum atomic E-state index is 12.1. The Balaban J connectivity index is 1.54. The third-order valence-electron chi connectivity index (χ3n) is 11.0. The number of rotatable bonds is 5. The monoisotopic (exact) mass is 414 g/mol. The first-order valence-electron chi connectivity index (χ1n) is 13.0. The summed E-state index contributed by atoms with van der Waals surface area (Å²) in [6, 6.07) is 0. The summed E-state index contributed by atoms with van der Waals surface area (Å²) in [5.41, 5.74) is 1.64. The summed E-state index contributed by atoms with van der Waals surface area (Å²) in [6.07, 6.45) is 12.0. The number of ketones is 1. The van der Waals surface area contributed by atoms with Crippen LogP contribution in [0.2, 0.25) is 0 Å². The number of fused-ring (bicyclic) bond motifs is 5. The molecule has 0 bridgehead atoms. The lowest BCUT2D eigenvalue weighted by Crippen LogP contribution is -2.56. The molecule has 0 heterocycles. The van der Waals surface area contributed by atoms with Crippen molar-refractivity contribution < 1.29 is 9.90 Å². The van der Waals surface area contributed by atoms with Crippen LogP contribution in [0.5, 0.6) is 0 Å². The van der Waals surface area contributed by atoms with Gasteiger partial charge >= 0.3 is 0 Å². The van der Waals surface area contributed by atoms with Gasteiger partial charge in [-0.3, -0.25) is 4.79 Å². The number of allylic oxidation sites excluding steroid dienone is 1. The van der Waals surface area contributed by atoms with Gasteiger partial charge in [0, 0.05) is 6.42 Å². The molecule has 4 aliphatic rings. The van der Waals surface area contributed by atoms with Gasteiger partial charge in [-0.1, -0.05) is 60.0 Å². The second kappa shape index (κ2) is 8.05. The van der Waals surface area contributed by atoms with Crippen molar-refractivity contribution in [2.45, 2.75) is 105 Å². The van der Waals surface area contributed by atoms with Gasteiger partial charge in [-0.25, -0.2) is 0 Å². The van der Waals surface area contributed by atoms with Gasteiger partial charge in [0.1, 0.15) is 0 Å². The van der Waals surface area contributed by atoms with E-state index < -0.39 is 0 Å². The zero-order valence-corrected chi connectivity index (χ0v) is 20.4. The van der Waals surface area contributed by atoms with Crippen LogP contribution >= 0.6 is 0 Å². The van der Waals surface area contributed by atoms with Crippen molar-refractivity contribution in [1.82, 2.24) is 0 Å². The van der Waals surface area contributed by atoms with Crippen LogP contribution in [0, 0.1) is 52.3 Å². The topological polar surface area (TPSA) is 37.3 Å². The molecule has 2 heteroatoms. The molecule has 3 fully saturated rings. The van der Waals surface area contributed by atoms with Crippen LogP contribution in [0.3, 0.4) is 0 Å². The van der Waals surface area contributed by atoms with Crippen molar-refractivity contribution in [3.8, 4) is 0 Å².